The Kier molecular flexibility index (Phi) is 10.7. The summed E-state index contributed by atoms with van der Waals surface area (Å²) in [6.45, 7) is 10.6. The van der Waals surface area contributed by atoms with E-state index < -0.39 is 0 Å². The maximum absolute atomic E-state index is 5.48. The van der Waals surface area contributed by atoms with Crippen LogP contribution in [0, 0.1) is 19.8 Å². The van der Waals surface area contributed by atoms with Crippen LogP contribution in [-0.2, 0) is 13.0 Å². The van der Waals surface area contributed by atoms with Gasteiger partial charge in [-0.15, -0.1) is 35.3 Å². The lowest BCUT2D eigenvalue weighted by atomic mass is 10.1. The lowest BCUT2D eigenvalue weighted by Gasteiger charge is -2.16. The zero-order valence-corrected chi connectivity index (χ0v) is 20.0. The van der Waals surface area contributed by atoms with Gasteiger partial charge < -0.3 is 15.4 Å². The summed E-state index contributed by atoms with van der Waals surface area (Å²) < 4.78 is 5.48. The monoisotopic (exact) mass is 502 g/mol. The quantitative estimate of drug-likeness (QED) is 0.321. The third-order valence-corrected chi connectivity index (χ3v) is 5.13. The Bertz CT molecular complexity index is 719. The summed E-state index contributed by atoms with van der Waals surface area (Å²) in [4.78, 5) is 10.6. The molecule has 0 aliphatic rings. The first-order valence-corrected chi connectivity index (χ1v) is 9.96. The van der Waals surface area contributed by atoms with Gasteiger partial charge in [-0.05, 0) is 44.6 Å². The van der Waals surface area contributed by atoms with Gasteiger partial charge in [-0.2, -0.15) is 0 Å². The Morgan fingerprint density at radius 2 is 2.11 bits per heavy atom. The number of halogens is 1. The van der Waals surface area contributed by atoms with Crippen molar-refractivity contribution in [1.82, 2.24) is 15.6 Å². The topological polar surface area (TPSA) is 58.5 Å². The van der Waals surface area contributed by atoms with E-state index in [0.717, 1.165) is 48.0 Å². The van der Waals surface area contributed by atoms with E-state index in [9.17, 15) is 0 Å². The number of hydrogen-bond donors (Lipinski definition) is 2. The Labute approximate surface area is 184 Å². The lowest BCUT2D eigenvalue weighted by Crippen LogP contribution is -2.39. The number of ether oxygens (including phenoxy) is 1. The summed E-state index contributed by atoms with van der Waals surface area (Å²) in [7, 11) is 1.70. The summed E-state index contributed by atoms with van der Waals surface area (Å²) in [5.41, 5.74) is 3.04. The van der Waals surface area contributed by atoms with Gasteiger partial charge in [-0.25, -0.2) is 4.99 Å². The largest absolute Gasteiger partial charge is 0.496 e. The Balaban J connectivity index is 0.00000364. The van der Waals surface area contributed by atoms with E-state index in [-0.39, 0.29) is 24.0 Å². The summed E-state index contributed by atoms with van der Waals surface area (Å²) >= 11 is 1.82. The molecule has 0 aliphatic heterocycles. The average molecular weight is 502 g/mol. The van der Waals surface area contributed by atoms with Crippen LogP contribution in [0.4, 0.5) is 0 Å². The second-order valence-corrected chi connectivity index (χ2v) is 7.54. The normalized spacial score (nSPS) is 12.3. The molecule has 5 nitrogen and oxygen atoms in total. The van der Waals surface area contributed by atoms with Gasteiger partial charge in [0.2, 0.25) is 0 Å². The molecule has 0 radical (unpaired) electrons. The highest BCUT2D eigenvalue weighted by atomic mass is 127. The zero-order chi connectivity index (χ0) is 18.9. The van der Waals surface area contributed by atoms with Crippen LogP contribution < -0.4 is 15.4 Å². The first-order valence-electron chi connectivity index (χ1n) is 9.08. The predicted octanol–water partition coefficient (Wildman–Crippen LogP) is 4.32. The van der Waals surface area contributed by atoms with Crippen molar-refractivity contribution >= 4 is 41.3 Å². The number of aromatic nitrogens is 1. The van der Waals surface area contributed by atoms with Crippen molar-refractivity contribution in [2.24, 2.45) is 10.9 Å². The van der Waals surface area contributed by atoms with E-state index in [2.05, 4.69) is 47.0 Å². The van der Waals surface area contributed by atoms with E-state index in [1.165, 1.54) is 4.88 Å². The number of aryl methyl sites for hydroxylation is 1. The molecular formula is C20H31IN4OS. The molecule has 27 heavy (non-hydrogen) atoms. The Morgan fingerprint density at radius 3 is 2.74 bits per heavy atom. The molecule has 0 aromatic carbocycles. The molecule has 2 aromatic heterocycles. The number of guanidine groups is 1. The fourth-order valence-corrected chi connectivity index (χ4v) is 3.71. The third-order valence-electron chi connectivity index (χ3n) is 4.23. The molecule has 2 N–H and O–H groups in total. The lowest BCUT2D eigenvalue weighted by molar-refractivity contribution is 0.407. The molecule has 1 atom stereocenters. The standard InChI is InChI=1S/C20H30N4OS.HI/c1-6-21-20(23-11-14(2)10-17-8-7-9-26-17)24-13-18-16(4)19(25-5)15(3)12-22-18;/h7-9,12,14H,6,10-11,13H2,1-5H3,(H2,21,23,24);1H. The van der Waals surface area contributed by atoms with Crippen LogP contribution in [0.2, 0.25) is 0 Å². The molecule has 2 rings (SSSR count). The number of nitrogens with one attached hydrogen (secondary N) is 2. The van der Waals surface area contributed by atoms with Gasteiger partial charge in [-0.3, -0.25) is 4.98 Å². The van der Waals surface area contributed by atoms with E-state index in [0.29, 0.717) is 12.5 Å². The van der Waals surface area contributed by atoms with Crippen molar-refractivity contribution in [2.75, 3.05) is 20.2 Å². The summed E-state index contributed by atoms with van der Waals surface area (Å²) in [5, 5.41) is 8.89. The van der Waals surface area contributed by atoms with E-state index >= 15 is 0 Å². The number of nitrogens with zero attached hydrogens (tertiary/aromatic N) is 2. The molecule has 0 saturated heterocycles. The van der Waals surface area contributed by atoms with Gasteiger partial charge in [0.1, 0.15) is 5.75 Å². The Morgan fingerprint density at radius 1 is 1.33 bits per heavy atom. The van der Waals surface area contributed by atoms with Crippen LogP contribution in [-0.4, -0.2) is 31.1 Å². The van der Waals surface area contributed by atoms with Crippen molar-refractivity contribution in [3.05, 3.63) is 45.4 Å². The van der Waals surface area contributed by atoms with Gasteiger partial charge in [0.25, 0.3) is 0 Å². The van der Waals surface area contributed by atoms with Gasteiger partial charge in [0.15, 0.2) is 5.96 Å². The molecule has 0 amide bonds. The van der Waals surface area contributed by atoms with Crippen LogP contribution in [0.3, 0.4) is 0 Å². The van der Waals surface area contributed by atoms with Gasteiger partial charge in [0.05, 0.1) is 19.3 Å². The van der Waals surface area contributed by atoms with Crippen LogP contribution in [0.15, 0.2) is 28.7 Å². The molecule has 0 fully saturated rings. The summed E-state index contributed by atoms with van der Waals surface area (Å²) in [6, 6.07) is 4.30. The number of hydrogen-bond acceptors (Lipinski definition) is 4. The highest BCUT2D eigenvalue weighted by Crippen LogP contribution is 2.24. The minimum atomic E-state index is 0. The van der Waals surface area contributed by atoms with Gasteiger partial charge in [-0.1, -0.05) is 13.0 Å². The van der Waals surface area contributed by atoms with Crippen LogP contribution in [0.1, 0.15) is 35.5 Å². The molecular weight excluding hydrogens is 471 g/mol. The predicted molar refractivity (Wildman–Crippen MR) is 126 cm³/mol. The fraction of sp³-hybridized carbons (Fsp3) is 0.500. The first-order chi connectivity index (χ1) is 12.5. The maximum atomic E-state index is 5.48. The molecule has 0 saturated carbocycles. The first kappa shape index (κ1) is 23.7. The molecule has 2 aromatic rings. The second-order valence-electron chi connectivity index (χ2n) is 6.51. The number of pyridine rings is 1. The minimum Gasteiger partial charge on any atom is -0.496 e. The van der Waals surface area contributed by atoms with Crippen molar-refractivity contribution in [3.63, 3.8) is 0 Å². The highest BCUT2D eigenvalue weighted by molar-refractivity contribution is 14.0. The number of methoxy groups -OCH3 is 1. The van der Waals surface area contributed by atoms with Crippen LogP contribution in [0.25, 0.3) is 0 Å². The second kappa shape index (κ2) is 12.2. The van der Waals surface area contributed by atoms with Crippen LogP contribution >= 0.6 is 35.3 Å². The Hall–Kier alpha value is -1.35. The zero-order valence-electron chi connectivity index (χ0n) is 16.8. The molecule has 2 heterocycles. The van der Waals surface area contributed by atoms with Crippen molar-refractivity contribution in [1.29, 1.82) is 0 Å². The van der Waals surface area contributed by atoms with E-state index in [1.54, 1.807) is 7.11 Å². The number of thiophene rings is 1. The summed E-state index contributed by atoms with van der Waals surface area (Å²) in [5.74, 6) is 2.26. The molecule has 0 aliphatic carbocycles. The molecule has 7 heteroatoms. The maximum Gasteiger partial charge on any atom is 0.191 e. The van der Waals surface area contributed by atoms with Crippen molar-refractivity contribution < 1.29 is 4.74 Å². The molecule has 1 unspecified atom stereocenters. The van der Waals surface area contributed by atoms with E-state index in [4.69, 9.17) is 9.73 Å². The SMILES string of the molecule is CCNC(=NCc1ncc(C)c(OC)c1C)NCC(C)Cc1cccs1.I. The van der Waals surface area contributed by atoms with E-state index in [1.807, 2.05) is 31.4 Å². The molecule has 150 valence electrons. The van der Waals surface area contributed by atoms with Gasteiger partial charge >= 0.3 is 0 Å². The molecule has 0 bridgehead atoms. The van der Waals surface area contributed by atoms with Gasteiger partial charge in [0, 0.05) is 35.3 Å². The summed E-state index contributed by atoms with van der Waals surface area (Å²) in [6.07, 6.45) is 2.93. The highest BCUT2D eigenvalue weighted by Gasteiger charge is 2.10. The van der Waals surface area contributed by atoms with Crippen molar-refractivity contribution in [3.8, 4) is 5.75 Å². The number of rotatable bonds is 8. The third kappa shape index (κ3) is 7.29. The fourth-order valence-electron chi connectivity index (χ4n) is 2.84. The smallest absolute Gasteiger partial charge is 0.191 e. The molecule has 0 spiro atoms. The minimum absolute atomic E-state index is 0. The van der Waals surface area contributed by atoms with Crippen molar-refractivity contribution in [2.45, 2.75) is 40.7 Å². The average Bonchev–Trinajstić information content (AvgIpc) is 3.12. The van der Waals surface area contributed by atoms with Crippen LogP contribution in [0.5, 0.6) is 5.75 Å². The number of aliphatic imine (C=N–C) groups is 1.